The quantitative estimate of drug-likeness (QED) is 0.909. The highest BCUT2D eigenvalue weighted by Gasteiger charge is 2.19. The summed E-state index contributed by atoms with van der Waals surface area (Å²) in [7, 11) is 0. The molecule has 3 rings (SSSR count). The predicted molar refractivity (Wildman–Crippen MR) is 84.0 cm³/mol. The van der Waals surface area contributed by atoms with Gasteiger partial charge in [-0.25, -0.2) is 0 Å². The molecule has 0 radical (unpaired) electrons. The van der Waals surface area contributed by atoms with Crippen molar-refractivity contribution in [3.8, 4) is 0 Å². The Morgan fingerprint density at radius 3 is 2.76 bits per heavy atom. The molecule has 2 aromatic rings. The normalized spacial score (nSPS) is 22.1. The molecule has 21 heavy (non-hydrogen) atoms. The van der Waals surface area contributed by atoms with Crippen LogP contribution in [0.1, 0.15) is 36.2 Å². The van der Waals surface area contributed by atoms with Gasteiger partial charge in [-0.05, 0) is 43.1 Å². The molecule has 4 nitrogen and oxygen atoms in total. The Kier molecular flexibility index (Phi) is 4.15. The van der Waals surface area contributed by atoms with Crippen molar-refractivity contribution in [2.45, 2.75) is 31.7 Å². The van der Waals surface area contributed by atoms with Gasteiger partial charge in [0.25, 0.3) is 5.91 Å². The first-order chi connectivity index (χ1) is 10.2. The van der Waals surface area contributed by atoms with Crippen molar-refractivity contribution in [1.82, 2.24) is 10.3 Å². The van der Waals surface area contributed by atoms with Gasteiger partial charge in [0.1, 0.15) is 5.69 Å². The highest BCUT2D eigenvalue weighted by atomic mass is 16.1. The van der Waals surface area contributed by atoms with E-state index < -0.39 is 0 Å². The number of rotatable bonds is 3. The van der Waals surface area contributed by atoms with Crippen molar-refractivity contribution in [3.63, 3.8) is 0 Å². The number of carbonyl (C=O) groups excluding carboxylic acids is 1. The zero-order valence-electron chi connectivity index (χ0n) is 12.1. The summed E-state index contributed by atoms with van der Waals surface area (Å²) in [5.41, 5.74) is 6.42. The minimum atomic E-state index is -0.0818. The Hall–Kier alpha value is -1.94. The van der Waals surface area contributed by atoms with Gasteiger partial charge in [-0.1, -0.05) is 24.3 Å². The van der Waals surface area contributed by atoms with Crippen molar-refractivity contribution in [2.24, 2.45) is 11.7 Å². The van der Waals surface area contributed by atoms with Crippen molar-refractivity contribution in [2.75, 3.05) is 6.54 Å². The van der Waals surface area contributed by atoms with Gasteiger partial charge >= 0.3 is 0 Å². The Labute approximate surface area is 124 Å². The number of pyridine rings is 1. The zero-order chi connectivity index (χ0) is 14.7. The molecule has 1 aromatic heterocycles. The molecule has 0 bridgehead atoms. The second-order valence-electron chi connectivity index (χ2n) is 5.87. The molecular formula is C17H21N3O. The molecule has 0 saturated heterocycles. The average Bonchev–Trinajstić information content (AvgIpc) is 2.53. The summed E-state index contributed by atoms with van der Waals surface area (Å²) in [4.78, 5) is 16.6. The fraction of sp³-hybridized carbons (Fsp3) is 0.412. The smallest absolute Gasteiger partial charge is 0.270 e. The van der Waals surface area contributed by atoms with E-state index >= 15 is 0 Å². The lowest BCUT2D eigenvalue weighted by atomic mass is 9.86. The van der Waals surface area contributed by atoms with Crippen molar-refractivity contribution >= 4 is 16.7 Å². The van der Waals surface area contributed by atoms with Gasteiger partial charge < -0.3 is 11.1 Å². The standard InChI is InChI=1S/C17H21N3O/c18-14-7-5-12(6-8-14)11-20-17(21)16-15-4-2-1-3-13(15)9-10-19-16/h1-4,9-10,12,14H,5-8,11,18H2,(H,20,21). The average molecular weight is 283 g/mol. The first-order valence-corrected chi connectivity index (χ1v) is 7.61. The van der Waals surface area contributed by atoms with Crippen LogP contribution in [0.3, 0.4) is 0 Å². The molecule has 3 N–H and O–H groups in total. The molecular weight excluding hydrogens is 262 g/mol. The van der Waals surface area contributed by atoms with E-state index in [1.165, 1.54) is 0 Å². The molecule has 1 heterocycles. The van der Waals surface area contributed by atoms with Crippen LogP contribution in [0.15, 0.2) is 36.5 Å². The van der Waals surface area contributed by atoms with Crippen molar-refractivity contribution in [3.05, 3.63) is 42.2 Å². The lowest BCUT2D eigenvalue weighted by Gasteiger charge is -2.26. The first kappa shape index (κ1) is 14.0. The third-order valence-corrected chi connectivity index (χ3v) is 4.33. The Balaban J connectivity index is 1.67. The molecule has 4 heteroatoms. The van der Waals surface area contributed by atoms with Crippen LogP contribution in [0.25, 0.3) is 10.8 Å². The summed E-state index contributed by atoms with van der Waals surface area (Å²) in [5.74, 6) is 0.463. The minimum Gasteiger partial charge on any atom is -0.350 e. The maximum atomic E-state index is 12.4. The summed E-state index contributed by atoms with van der Waals surface area (Å²) in [6, 6.07) is 10.1. The third kappa shape index (κ3) is 3.22. The zero-order valence-corrected chi connectivity index (χ0v) is 12.1. The molecule has 1 aromatic carbocycles. The topological polar surface area (TPSA) is 68.0 Å². The molecule has 0 aliphatic heterocycles. The van der Waals surface area contributed by atoms with E-state index in [9.17, 15) is 4.79 Å². The van der Waals surface area contributed by atoms with E-state index in [4.69, 9.17) is 5.73 Å². The van der Waals surface area contributed by atoms with Gasteiger partial charge in [0, 0.05) is 24.2 Å². The molecule has 110 valence electrons. The van der Waals surface area contributed by atoms with Crippen LogP contribution in [0, 0.1) is 5.92 Å². The van der Waals surface area contributed by atoms with Crippen LogP contribution in [0.5, 0.6) is 0 Å². The van der Waals surface area contributed by atoms with Crippen LogP contribution in [-0.4, -0.2) is 23.5 Å². The van der Waals surface area contributed by atoms with E-state index in [-0.39, 0.29) is 5.91 Å². The fourth-order valence-electron chi connectivity index (χ4n) is 3.01. The highest BCUT2D eigenvalue weighted by molar-refractivity contribution is 6.05. The van der Waals surface area contributed by atoms with E-state index in [1.807, 2.05) is 30.3 Å². The highest BCUT2D eigenvalue weighted by Crippen LogP contribution is 2.22. The van der Waals surface area contributed by atoms with E-state index in [1.54, 1.807) is 6.20 Å². The lowest BCUT2D eigenvalue weighted by Crippen LogP contribution is -2.34. The number of aromatic nitrogens is 1. The number of hydrogen-bond donors (Lipinski definition) is 2. The van der Waals surface area contributed by atoms with Gasteiger partial charge in [0.15, 0.2) is 0 Å². The van der Waals surface area contributed by atoms with Crippen LogP contribution >= 0.6 is 0 Å². The van der Waals surface area contributed by atoms with Crippen LogP contribution in [-0.2, 0) is 0 Å². The molecule has 0 spiro atoms. The Morgan fingerprint density at radius 2 is 1.95 bits per heavy atom. The summed E-state index contributed by atoms with van der Waals surface area (Å²) in [6.07, 6.45) is 6.02. The van der Waals surface area contributed by atoms with Gasteiger partial charge in [0.2, 0.25) is 0 Å². The molecule has 0 atom stereocenters. The van der Waals surface area contributed by atoms with Crippen LogP contribution < -0.4 is 11.1 Å². The lowest BCUT2D eigenvalue weighted by molar-refractivity contribution is 0.0940. The number of benzene rings is 1. The minimum absolute atomic E-state index is 0.0818. The third-order valence-electron chi connectivity index (χ3n) is 4.33. The van der Waals surface area contributed by atoms with E-state index in [2.05, 4.69) is 10.3 Å². The van der Waals surface area contributed by atoms with Crippen LogP contribution in [0.4, 0.5) is 0 Å². The summed E-state index contributed by atoms with van der Waals surface area (Å²) in [5, 5.41) is 4.98. The van der Waals surface area contributed by atoms with Gasteiger partial charge in [0.05, 0.1) is 0 Å². The molecule has 0 unspecified atom stereocenters. The van der Waals surface area contributed by atoms with Gasteiger partial charge in [-0.2, -0.15) is 0 Å². The maximum Gasteiger partial charge on any atom is 0.270 e. The number of amides is 1. The fourth-order valence-corrected chi connectivity index (χ4v) is 3.01. The van der Waals surface area contributed by atoms with Gasteiger partial charge in [-0.3, -0.25) is 9.78 Å². The predicted octanol–water partition coefficient (Wildman–Crippen LogP) is 2.48. The van der Waals surface area contributed by atoms with Crippen LogP contribution in [0.2, 0.25) is 0 Å². The Morgan fingerprint density at radius 1 is 1.19 bits per heavy atom. The summed E-state index contributed by atoms with van der Waals surface area (Å²) >= 11 is 0. The molecule has 1 aliphatic carbocycles. The molecule has 1 aliphatic rings. The largest absolute Gasteiger partial charge is 0.350 e. The summed E-state index contributed by atoms with van der Waals surface area (Å²) < 4.78 is 0. The Bertz CT molecular complexity index is 627. The number of hydrogen-bond acceptors (Lipinski definition) is 3. The number of nitrogens with one attached hydrogen (secondary N) is 1. The second-order valence-corrected chi connectivity index (χ2v) is 5.87. The second kappa shape index (κ2) is 6.22. The molecule has 1 saturated carbocycles. The summed E-state index contributed by atoms with van der Waals surface area (Å²) in [6.45, 7) is 0.719. The first-order valence-electron chi connectivity index (χ1n) is 7.61. The van der Waals surface area contributed by atoms with Gasteiger partial charge in [-0.15, -0.1) is 0 Å². The number of fused-ring (bicyclic) bond motifs is 1. The van der Waals surface area contributed by atoms with E-state index in [0.29, 0.717) is 17.7 Å². The SMILES string of the molecule is NC1CCC(CNC(=O)c2nccc3ccccc23)CC1. The number of nitrogens with two attached hydrogens (primary N) is 1. The molecule has 1 amide bonds. The number of nitrogens with zero attached hydrogens (tertiary/aromatic N) is 1. The maximum absolute atomic E-state index is 12.4. The number of carbonyl (C=O) groups is 1. The van der Waals surface area contributed by atoms with E-state index in [0.717, 1.165) is 43.0 Å². The molecule has 1 fully saturated rings. The monoisotopic (exact) mass is 283 g/mol. The van der Waals surface area contributed by atoms with Crippen molar-refractivity contribution < 1.29 is 4.79 Å². The van der Waals surface area contributed by atoms with Crippen molar-refractivity contribution in [1.29, 1.82) is 0 Å².